The van der Waals surface area contributed by atoms with Crippen molar-refractivity contribution >= 4 is 28.2 Å². The molecule has 0 bridgehead atoms. The van der Waals surface area contributed by atoms with Gasteiger partial charge in [0.15, 0.2) is 5.78 Å². The number of nitrogens with zero attached hydrogens (tertiary/aromatic N) is 1. The fourth-order valence-corrected chi connectivity index (χ4v) is 2.36. The van der Waals surface area contributed by atoms with Gasteiger partial charge < -0.3 is 4.90 Å². The molecule has 1 aromatic heterocycles. The molecule has 2 aromatic rings. The summed E-state index contributed by atoms with van der Waals surface area (Å²) >= 11 is 1.67. The summed E-state index contributed by atoms with van der Waals surface area (Å²) in [7, 11) is 4.02. The van der Waals surface area contributed by atoms with E-state index in [1.807, 2.05) is 56.6 Å². The number of carbonyl (C=O) groups excluding carboxylic acids is 1. The summed E-state index contributed by atoms with van der Waals surface area (Å²) in [5.74, 6) is 0.0374. The lowest BCUT2D eigenvalue weighted by Gasteiger charge is -2.06. The summed E-state index contributed by atoms with van der Waals surface area (Å²) in [6, 6.07) is 13.4. The first-order valence-electron chi connectivity index (χ1n) is 5.71. The Kier molecular flexibility index (Phi) is 3.95. The first-order chi connectivity index (χ1) is 8.66. The zero-order valence-electron chi connectivity index (χ0n) is 10.5. The normalized spacial score (nSPS) is 10.8. The Bertz CT molecular complexity index is 555. The van der Waals surface area contributed by atoms with E-state index in [9.17, 15) is 4.79 Å². The molecule has 0 N–H and O–H groups in total. The molecule has 1 heterocycles. The minimum Gasteiger partial charge on any atom is -0.370 e. The molecule has 92 valence electrons. The highest BCUT2D eigenvalue weighted by atomic mass is 32.1. The van der Waals surface area contributed by atoms with Gasteiger partial charge in [-0.1, -0.05) is 30.3 Å². The van der Waals surface area contributed by atoms with Crippen molar-refractivity contribution in [3.63, 3.8) is 0 Å². The van der Waals surface area contributed by atoms with Crippen LogP contribution in [0.3, 0.4) is 0 Å². The van der Waals surface area contributed by atoms with Crippen LogP contribution in [0.4, 0.5) is 5.00 Å². The lowest BCUT2D eigenvalue weighted by molar-refractivity contribution is 0.104. The molecule has 2 rings (SSSR count). The van der Waals surface area contributed by atoms with Gasteiger partial charge in [0.25, 0.3) is 0 Å². The summed E-state index contributed by atoms with van der Waals surface area (Å²) in [6.45, 7) is 0. The molecule has 0 atom stereocenters. The van der Waals surface area contributed by atoms with E-state index in [1.54, 1.807) is 17.4 Å². The van der Waals surface area contributed by atoms with Gasteiger partial charge in [-0.2, -0.15) is 0 Å². The number of thiophene rings is 1. The molecule has 0 aliphatic heterocycles. The smallest absolute Gasteiger partial charge is 0.185 e. The Labute approximate surface area is 111 Å². The average molecular weight is 257 g/mol. The highest BCUT2D eigenvalue weighted by Gasteiger charge is 2.01. The summed E-state index contributed by atoms with van der Waals surface area (Å²) in [4.78, 5) is 15.0. The van der Waals surface area contributed by atoms with E-state index < -0.39 is 0 Å². The van der Waals surface area contributed by atoms with Crippen LogP contribution in [0.15, 0.2) is 48.5 Å². The predicted molar refractivity (Wildman–Crippen MR) is 78.5 cm³/mol. The van der Waals surface area contributed by atoms with Crippen LogP contribution in [-0.4, -0.2) is 19.9 Å². The fourth-order valence-electron chi connectivity index (χ4n) is 1.53. The highest BCUT2D eigenvalue weighted by molar-refractivity contribution is 7.16. The van der Waals surface area contributed by atoms with Crippen LogP contribution in [-0.2, 0) is 0 Å². The third-order valence-corrected chi connectivity index (χ3v) is 3.73. The molecule has 3 heteroatoms. The second-order valence-corrected chi connectivity index (χ2v) is 5.23. The highest BCUT2D eigenvalue weighted by Crippen LogP contribution is 2.25. The second kappa shape index (κ2) is 5.65. The molecule has 1 aromatic carbocycles. The molecule has 0 spiro atoms. The van der Waals surface area contributed by atoms with Crippen LogP contribution in [0.1, 0.15) is 15.2 Å². The van der Waals surface area contributed by atoms with Gasteiger partial charge in [-0.3, -0.25) is 4.79 Å². The largest absolute Gasteiger partial charge is 0.370 e. The maximum absolute atomic E-state index is 11.9. The van der Waals surface area contributed by atoms with E-state index in [0.29, 0.717) is 0 Å². The third kappa shape index (κ3) is 3.08. The van der Waals surface area contributed by atoms with Crippen molar-refractivity contribution in [2.75, 3.05) is 19.0 Å². The average Bonchev–Trinajstić information content (AvgIpc) is 2.86. The SMILES string of the molecule is CN(C)c1ccc(/C=C/C(=O)c2ccccc2)s1. The minimum absolute atomic E-state index is 0.0374. The predicted octanol–water partition coefficient (Wildman–Crippen LogP) is 3.71. The third-order valence-electron chi connectivity index (χ3n) is 2.51. The van der Waals surface area contributed by atoms with Gasteiger partial charge in [0.05, 0.1) is 5.00 Å². The summed E-state index contributed by atoms with van der Waals surface area (Å²) < 4.78 is 0. The number of carbonyl (C=O) groups is 1. The minimum atomic E-state index is 0.0374. The fraction of sp³-hybridized carbons (Fsp3) is 0.133. The lowest BCUT2D eigenvalue weighted by Crippen LogP contribution is -2.05. The van der Waals surface area contributed by atoms with E-state index in [0.717, 1.165) is 10.4 Å². The van der Waals surface area contributed by atoms with Gasteiger partial charge in [-0.15, -0.1) is 11.3 Å². The Morgan fingerprint density at radius 2 is 1.83 bits per heavy atom. The molecule has 0 saturated carbocycles. The molecule has 18 heavy (non-hydrogen) atoms. The van der Waals surface area contributed by atoms with Crippen molar-refractivity contribution in [2.24, 2.45) is 0 Å². The van der Waals surface area contributed by atoms with Crippen LogP contribution < -0.4 is 4.90 Å². The van der Waals surface area contributed by atoms with Gasteiger partial charge >= 0.3 is 0 Å². The Morgan fingerprint density at radius 1 is 1.11 bits per heavy atom. The number of benzene rings is 1. The van der Waals surface area contributed by atoms with Crippen LogP contribution in [0.2, 0.25) is 0 Å². The maximum atomic E-state index is 11.9. The molecule has 0 unspecified atom stereocenters. The molecule has 0 radical (unpaired) electrons. The first-order valence-corrected chi connectivity index (χ1v) is 6.53. The number of allylic oxidation sites excluding steroid dienone is 1. The van der Waals surface area contributed by atoms with Crippen LogP contribution in [0, 0.1) is 0 Å². The topological polar surface area (TPSA) is 20.3 Å². The lowest BCUT2D eigenvalue weighted by atomic mass is 10.1. The monoisotopic (exact) mass is 257 g/mol. The zero-order valence-corrected chi connectivity index (χ0v) is 11.3. The maximum Gasteiger partial charge on any atom is 0.185 e. The number of rotatable bonds is 4. The molecular weight excluding hydrogens is 242 g/mol. The van der Waals surface area contributed by atoms with Crippen molar-refractivity contribution in [3.8, 4) is 0 Å². The van der Waals surface area contributed by atoms with Crippen LogP contribution >= 0.6 is 11.3 Å². The standard InChI is InChI=1S/C15H15NOS/c1-16(2)15-11-9-13(18-15)8-10-14(17)12-6-4-3-5-7-12/h3-11H,1-2H3/b10-8+. The Balaban J connectivity index is 2.09. The van der Waals surface area contributed by atoms with Crippen LogP contribution in [0.5, 0.6) is 0 Å². The van der Waals surface area contributed by atoms with Crippen molar-refractivity contribution in [3.05, 3.63) is 59.0 Å². The van der Waals surface area contributed by atoms with E-state index in [4.69, 9.17) is 0 Å². The van der Waals surface area contributed by atoms with Crippen molar-refractivity contribution in [2.45, 2.75) is 0 Å². The van der Waals surface area contributed by atoms with Crippen molar-refractivity contribution in [1.82, 2.24) is 0 Å². The molecule has 0 aliphatic rings. The Morgan fingerprint density at radius 3 is 2.44 bits per heavy atom. The van der Waals surface area contributed by atoms with Gasteiger partial charge in [0, 0.05) is 24.5 Å². The molecule has 0 amide bonds. The number of hydrogen-bond donors (Lipinski definition) is 0. The van der Waals surface area contributed by atoms with Gasteiger partial charge in [-0.05, 0) is 24.3 Å². The van der Waals surface area contributed by atoms with E-state index in [-0.39, 0.29) is 5.78 Å². The van der Waals surface area contributed by atoms with Crippen molar-refractivity contribution in [1.29, 1.82) is 0 Å². The summed E-state index contributed by atoms with van der Waals surface area (Å²) in [6.07, 6.45) is 3.49. The Hall–Kier alpha value is -1.87. The summed E-state index contributed by atoms with van der Waals surface area (Å²) in [5.41, 5.74) is 0.720. The number of hydrogen-bond acceptors (Lipinski definition) is 3. The summed E-state index contributed by atoms with van der Waals surface area (Å²) in [5, 5.41) is 1.18. The molecule has 0 fully saturated rings. The van der Waals surface area contributed by atoms with E-state index >= 15 is 0 Å². The van der Waals surface area contributed by atoms with Gasteiger partial charge in [0.2, 0.25) is 0 Å². The second-order valence-electron chi connectivity index (χ2n) is 4.13. The van der Waals surface area contributed by atoms with Crippen LogP contribution in [0.25, 0.3) is 6.08 Å². The van der Waals surface area contributed by atoms with E-state index in [2.05, 4.69) is 11.0 Å². The molecule has 0 aliphatic carbocycles. The molecule has 2 nitrogen and oxygen atoms in total. The number of anilines is 1. The first kappa shape index (κ1) is 12.6. The molecular formula is C15H15NOS. The van der Waals surface area contributed by atoms with Gasteiger partial charge in [-0.25, -0.2) is 0 Å². The molecule has 0 saturated heterocycles. The van der Waals surface area contributed by atoms with E-state index in [1.165, 1.54) is 5.00 Å². The van der Waals surface area contributed by atoms with Crippen molar-refractivity contribution < 1.29 is 4.79 Å². The zero-order chi connectivity index (χ0) is 13.0. The van der Waals surface area contributed by atoms with Gasteiger partial charge in [0.1, 0.15) is 0 Å². The quantitative estimate of drug-likeness (QED) is 0.614. The number of ketones is 1.